The van der Waals surface area contributed by atoms with Gasteiger partial charge < -0.3 is 10.2 Å². The maximum Gasteiger partial charge on any atom is 0.244 e. The zero-order chi connectivity index (χ0) is 25.8. The van der Waals surface area contributed by atoms with E-state index in [1.54, 1.807) is 57.2 Å². The summed E-state index contributed by atoms with van der Waals surface area (Å²) in [5, 5.41) is 3.45. The third-order valence-corrected chi connectivity index (χ3v) is 6.66. The zero-order valence-corrected chi connectivity index (χ0v) is 22.4. The second-order valence-electron chi connectivity index (χ2n) is 9.57. The summed E-state index contributed by atoms with van der Waals surface area (Å²) in [7, 11) is -3.78. The lowest BCUT2D eigenvalue weighted by molar-refractivity contribution is -0.140. The normalized spacial score (nSPS) is 12.7. The van der Waals surface area contributed by atoms with Gasteiger partial charge in [-0.15, -0.1) is 0 Å². The number of benzene rings is 2. The molecule has 34 heavy (non-hydrogen) atoms. The third-order valence-electron chi connectivity index (χ3n) is 5.30. The molecule has 0 fully saturated rings. The second kappa shape index (κ2) is 10.8. The first-order valence-corrected chi connectivity index (χ1v) is 13.2. The van der Waals surface area contributed by atoms with Gasteiger partial charge in [0.1, 0.15) is 12.6 Å². The lowest BCUT2D eigenvalue weighted by Gasteiger charge is -2.33. The minimum atomic E-state index is -3.78. The molecular weight excluding hydrogens is 474 g/mol. The van der Waals surface area contributed by atoms with Crippen molar-refractivity contribution >= 4 is 39.1 Å². The number of nitrogens with one attached hydrogen (secondary N) is 1. The Morgan fingerprint density at radius 3 is 2.03 bits per heavy atom. The molecule has 186 valence electrons. The van der Waals surface area contributed by atoms with Crippen LogP contribution in [0, 0.1) is 13.8 Å². The van der Waals surface area contributed by atoms with E-state index in [0.29, 0.717) is 10.7 Å². The molecule has 0 aliphatic rings. The van der Waals surface area contributed by atoms with Crippen molar-refractivity contribution in [3.8, 4) is 0 Å². The Kier molecular flexibility index (Phi) is 8.77. The number of carbonyl (C=O) groups excluding carboxylic acids is 2. The van der Waals surface area contributed by atoms with Crippen molar-refractivity contribution in [2.45, 2.75) is 59.7 Å². The summed E-state index contributed by atoms with van der Waals surface area (Å²) in [5.74, 6) is -0.813. The van der Waals surface area contributed by atoms with Gasteiger partial charge in [-0.3, -0.25) is 13.9 Å². The van der Waals surface area contributed by atoms with Crippen LogP contribution in [0.4, 0.5) is 5.69 Å². The summed E-state index contributed by atoms with van der Waals surface area (Å²) in [6.07, 6.45) is 1.07. The average Bonchev–Trinajstić information content (AvgIpc) is 2.69. The number of halogens is 1. The van der Waals surface area contributed by atoms with E-state index in [1.807, 2.05) is 26.8 Å². The Balaban J connectivity index is 2.45. The van der Waals surface area contributed by atoms with Crippen molar-refractivity contribution in [3.05, 3.63) is 64.2 Å². The Bertz CT molecular complexity index is 1120. The molecule has 1 N–H and O–H groups in total. The molecule has 0 aliphatic carbocycles. The number of amides is 2. The number of nitrogens with zero attached hydrogens (tertiary/aromatic N) is 2. The summed E-state index contributed by atoms with van der Waals surface area (Å²) < 4.78 is 26.6. The number of para-hydroxylation sites is 1. The standard InChI is InChI=1S/C25H34ClN3O4S/c1-17-9-8-10-18(2)23(17)29(34(7,32)33)16-22(30)28(15-20-11-13-21(26)14-12-20)19(3)24(31)27-25(4,5)6/h8-14,19H,15-16H2,1-7H3,(H,27,31)/t19-/m1/s1. The lowest BCUT2D eigenvalue weighted by Crippen LogP contribution is -2.54. The van der Waals surface area contributed by atoms with Crippen molar-refractivity contribution < 1.29 is 18.0 Å². The van der Waals surface area contributed by atoms with Crippen molar-refractivity contribution in [3.63, 3.8) is 0 Å². The first-order valence-electron chi connectivity index (χ1n) is 11.0. The maximum atomic E-state index is 13.6. The first kappa shape index (κ1) is 27.7. The third kappa shape index (κ3) is 7.46. The fourth-order valence-electron chi connectivity index (χ4n) is 3.62. The molecule has 0 heterocycles. The molecule has 1 atom stereocenters. The average molecular weight is 508 g/mol. The molecule has 0 aromatic heterocycles. The summed E-state index contributed by atoms with van der Waals surface area (Å²) >= 11 is 5.99. The highest BCUT2D eigenvalue weighted by atomic mass is 35.5. The molecule has 9 heteroatoms. The molecular formula is C25H34ClN3O4S. The molecule has 0 spiro atoms. The van der Waals surface area contributed by atoms with Gasteiger partial charge in [-0.05, 0) is 70.4 Å². The summed E-state index contributed by atoms with van der Waals surface area (Å²) in [6, 6.07) is 11.6. The van der Waals surface area contributed by atoms with Crippen LogP contribution in [0.2, 0.25) is 5.02 Å². The minimum absolute atomic E-state index is 0.124. The largest absolute Gasteiger partial charge is 0.350 e. The molecule has 0 saturated carbocycles. The van der Waals surface area contributed by atoms with Gasteiger partial charge in [0.2, 0.25) is 21.8 Å². The molecule has 0 saturated heterocycles. The topological polar surface area (TPSA) is 86.8 Å². The van der Waals surface area contributed by atoms with Crippen molar-refractivity contribution in [1.82, 2.24) is 10.2 Å². The van der Waals surface area contributed by atoms with Gasteiger partial charge in [0.25, 0.3) is 0 Å². The highest BCUT2D eigenvalue weighted by Gasteiger charge is 2.32. The van der Waals surface area contributed by atoms with Crippen molar-refractivity contribution in [1.29, 1.82) is 0 Å². The van der Waals surface area contributed by atoms with Crippen molar-refractivity contribution in [2.75, 3.05) is 17.1 Å². The Hall–Kier alpha value is -2.58. The van der Waals surface area contributed by atoms with Crippen molar-refractivity contribution in [2.24, 2.45) is 0 Å². The monoisotopic (exact) mass is 507 g/mol. The van der Waals surface area contributed by atoms with Crippen LogP contribution in [0.1, 0.15) is 44.4 Å². The van der Waals surface area contributed by atoms with E-state index >= 15 is 0 Å². The molecule has 2 aromatic rings. The Morgan fingerprint density at radius 1 is 1.03 bits per heavy atom. The van der Waals surface area contributed by atoms with Gasteiger partial charge in [-0.25, -0.2) is 8.42 Å². The number of hydrogen-bond donors (Lipinski definition) is 1. The quantitative estimate of drug-likeness (QED) is 0.583. The highest BCUT2D eigenvalue weighted by Crippen LogP contribution is 2.27. The predicted molar refractivity (Wildman–Crippen MR) is 137 cm³/mol. The highest BCUT2D eigenvalue weighted by molar-refractivity contribution is 7.92. The van der Waals surface area contributed by atoms with Crippen LogP contribution in [0.3, 0.4) is 0 Å². The van der Waals surface area contributed by atoms with Crippen LogP contribution in [0.25, 0.3) is 0 Å². The van der Waals surface area contributed by atoms with E-state index in [4.69, 9.17) is 11.6 Å². The molecule has 0 radical (unpaired) electrons. The van der Waals surface area contributed by atoms with Gasteiger partial charge in [-0.2, -0.15) is 0 Å². The number of sulfonamides is 1. The van der Waals surface area contributed by atoms with E-state index in [1.165, 1.54) is 4.90 Å². The SMILES string of the molecule is Cc1cccc(C)c1N(CC(=O)N(Cc1ccc(Cl)cc1)[C@H](C)C(=O)NC(C)(C)C)S(C)(=O)=O. The Labute approximate surface area is 208 Å². The van der Waals surface area contributed by atoms with Crippen LogP contribution in [-0.4, -0.2) is 49.5 Å². The lowest BCUT2D eigenvalue weighted by atomic mass is 10.1. The van der Waals surface area contributed by atoms with E-state index in [2.05, 4.69) is 5.32 Å². The first-order chi connectivity index (χ1) is 15.6. The number of anilines is 1. The second-order valence-corrected chi connectivity index (χ2v) is 11.9. The smallest absolute Gasteiger partial charge is 0.244 e. The molecule has 2 aromatic carbocycles. The fourth-order valence-corrected chi connectivity index (χ4v) is 4.71. The molecule has 7 nitrogen and oxygen atoms in total. The Morgan fingerprint density at radius 2 is 1.56 bits per heavy atom. The zero-order valence-electron chi connectivity index (χ0n) is 20.8. The molecule has 2 amide bonds. The summed E-state index contributed by atoms with van der Waals surface area (Å²) in [4.78, 5) is 27.9. The summed E-state index contributed by atoms with van der Waals surface area (Å²) in [6.45, 7) is 10.5. The van der Waals surface area contributed by atoms with Gasteiger partial charge >= 0.3 is 0 Å². The van der Waals surface area contributed by atoms with E-state index in [9.17, 15) is 18.0 Å². The molecule has 0 aliphatic heterocycles. The predicted octanol–water partition coefficient (Wildman–Crippen LogP) is 4.05. The fraction of sp³-hybridized carbons (Fsp3) is 0.440. The van der Waals surface area contributed by atoms with Gasteiger partial charge in [0.15, 0.2) is 0 Å². The van der Waals surface area contributed by atoms with Gasteiger partial charge in [0, 0.05) is 17.1 Å². The maximum absolute atomic E-state index is 13.6. The van der Waals surface area contributed by atoms with Crippen LogP contribution in [0.5, 0.6) is 0 Å². The van der Waals surface area contributed by atoms with Crippen LogP contribution < -0.4 is 9.62 Å². The van der Waals surface area contributed by atoms with E-state index < -0.39 is 34.1 Å². The van der Waals surface area contributed by atoms with Crippen LogP contribution >= 0.6 is 11.6 Å². The van der Waals surface area contributed by atoms with Crippen LogP contribution in [-0.2, 0) is 26.2 Å². The molecule has 0 unspecified atom stereocenters. The molecule has 0 bridgehead atoms. The van der Waals surface area contributed by atoms with Gasteiger partial charge in [-0.1, -0.05) is 41.9 Å². The van der Waals surface area contributed by atoms with E-state index in [-0.39, 0.29) is 12.5 Å². The minimum Gasteiger partial charge on any atom is -0.350 e. The van der Waals surface area contributed by atoms with Gasteiger partial charge in [0.05, 0.1) is 11.9 Å². The van der Waals surface area contributed by atoms with Crippen LogP contribution in [0.15, 0.2) is 42.5 Å². The number of carbonyl (C=O) groups is 2. The molecule has 2 rings (SSSR count). The number of aryl methyl sites for hydroxylation is 2. The number of hydrogen-bond acceptors (Lipinski definition) is 4. The number of rotatable bonds is 8. The van der Waals surface area contributed by atoms with E-state index in [0.717, 1.165) is 27.3 Å². The summed E-state index contributed by atoms with van der Waals surface area (Å²) in [5.41, 5.74) is 2.22.